The van der Waals surface area contributed by atoms with E-state index in [0.29, 0.717) is 41.9 Å². The SMILES string of the molecule is COC1CCC(N[C@H]2CCCO[C@@H]2Cc2ccc3c(c2F)CN(C2CCC(=O)NC2=O)C3=O)CC1. The van der Waals surface area contributed by atoms with Crippen molar-refractivity contribution in [1.29, 1.82) is 0 Å². The van der Waals surface area contributed by atoms with E-state index in [-0.39, 0.29) is 49.2 Å². The smallest absolute Gasteiger partial charge is 0.255 e. The lowest BCUT2D eigenvalue weighted by molar-refractivity contribution is -0.136. The van der Waals surface area contributed by atoms with Gasteiger partial charge in [-0.05, 0) is 56.6 Å². The van der Waals surface area contributed by atoms with Gasteiger partial charge in [-0.15, -0.1) is 0 Å². The summed E-state index contributed by atoms with van der Waals surface area (Å²) in [6, 6.07) is 3.17. The summed E-state index contributed by atoms with van der Waals surface area (Å²) >= 11 is 0. The Morgan fingerprint density at radius 1 is 1.14 bits per heavy atom. The summed E-state index contributed by atoms with van der Waals surface area (Å²) in [5.41, 5.74) is 1.16. The number of halogens is 1. The highest BCUT2D eigenvalue weighted by molar-refractivity contribution is 6.05. The van der Waals surface area contributed by atoms with Crippen molar-refractivity contribution in [2.45, 2.75) is 94.7 Å². The Kier molecular flexibility index (Phi) is 7.18. The minimum atomic E-state index is -0.751. The second kappa shape index (κ2) is 10.3. The van der Waals surface area contributed by atoms with Gasteiger partial charge in [-0.2, -0.15) is 0 Å². The molecule has 1 aliphatic carbocycles. The number of ether oxygens (including phenoxy) is 2. The normalized spacial score (nSPS) is 31.4. The van der Waals surface area contributed by atoms with E-state index in [1.54, 1.807) is 19.2 Å². The van der Waals surface area contributed by atoms with Crippen LogP contribution in [0.4, 0.5) is 4.39 Å². The van der Waals surface area contributed by atoms with Gasteiger partial charge in [-0.25, -0.2) is 4.39 Å². The van der Waals surface area contributed by atoms with E-state index in [0.717, 1.165) is 38.5 Å². The van der Waals surface area contributed by atoms with Crippen molar-refractivity contribution in [3.8, 4) is 0 Å². The van der Waals surface area contributed by atoms with Gasteiger partial charge in [0.1, 0.15) is 11.9 Å². The average Bonchev–Trinajstić information content (AvgIpc) is 3.19. The third-order valence-corrected chi connectivity index (χ3v) is 8.05. The van der Waals surface area contributed by atoms with E-state index in [4.69, 9.17) is 9.47 Å². The number of carbonyl (C=O) groups is 3. The Labute approximate surface area is 204 Å². The van der Waals surface area contributed by atoms with Crippen molar-refractivity contribution in [3.05, 3.63) is 34.6 Å². The number of amides is 3. The first-order valence-corrected chi connectivity index (χ1v) is 12.8. The van der Waals surface area contributed by atoms with Gasteiger partial charge in [0, 0.05) is 49.8 Å². The fourth-order valence-electron chi connectivity index (χ4n) is 6.03. The molecule has 3 fully saturated rings. The predicted octanol–water partition coefficient (Wildman–Crippen LogP) is 2.22. The van der Waals surface area contributed by atoms with Crippen LogP contribution in [0.25, 0.3) is 0 Å². The quantitative estimate of drug-likeness (QED) is 0.598. The second-order valence-corrected chi connectivity index (χ2v) is 10.2. The van der Waals surface area contributed by atoms with Gasteiger partial charge in [0.2, 0.25) is 11.8 Å². The summed E-state index contributed by atoms with van der Waals surface area (Å²) in [5, 5.41) is 6.05. The Hall–Kier alpha value is -2.36. The van der Waals surface area contributed by atoms with Crippen LogP contribution in [0.1, 0.15) is 72.9 Å². The lowest BCUT2D eigenvalue weighted by Gasteiger charge is -2.37. The Morgan fingerprint density at radius 2 is 1.94 bits per heavy atom. The Bertz CT molecular complexity index is 993. The maximum absolute atomic E-state index is 15.6. The van der Waals surface area contributed by atoms with Gasteiger partial charge in [-0.3, -0.25) is 19.7 Å². The lowest BCUT2D eigenvalue weighted by atomic mass is 9.89. The number of fused-ring (bicyclic) bond motifs is 1. The molecule has 0 radical (unpaired) electrons. The summed E-state index contributed by atoms with van der Waals surface area (Å²) < 4.78 is 27.2. The number of carbonyl (C=O) groups excluding carboxylic acids is 3. The number of imide groups is 1. The molecule has 0 spiro atoms. The molecule has 0 bridgehead atoms. The Morgan fingerprint density at radius 3 is 2.69 bits per heavy atom. The van der Waals surface area contributed by atoms with Crippen molar-refractivity contribution in [2.75, 3.05) is 13.7 Å². The number of rotatable bonds is 6. The maximum Gasteiger partial charge on any atom is 0.255 e. The highest BCUT2D eigenvalue weighted by Crippen LogP contribution is 2.32. The van der Waals surface area contributed by atoms with Crippen LogP contribution in [0.2, 0.25) is 0 Å². The minimum Gasteiger partial charge on any atom is -0.381 e. The first kappa shape index (κ1) is 24.3. The predicted molar refractivity (Wildman–Crippen MR) is 125 cm³/mol. The zero-order valence-electron chi connectivity index (χ0n) is 20.2. The van der Waals surface area contributed by atoms with E-state index in [1.165, 1.54) is 4.90 Å². The summed E-state index contributed by atoms with van der Waals surface area (Å²) in [5.74, 6) is -1.59. The maximum atomic E-state index is 15.6. The molecule has 1 saturated carbocycles. The van der Waals surface area contributed by atoms with Gasteiger partial charge in [-0.1, -0.05) is 6.07 Å². The topological polar surface area (TPSA) is 97.0 Å². The number of hydrogen-bond acceptors (Lipinski definition) is 6. The van der Waals surface area contributed by atoms with Crippen LogP contribution in [0.5, 0.6) is 0 Å². The van der Waals surface area contributed by atoms with Gasteiger partial charge in [0.05, 0.1) is 18.8 Å². The van der Waals surface area contributed by atoms with Crippen LogP contribution in [0.3, 0.4) is 0 Å². The Balaban J connectivity index is 1.27. The van der Waals surface area contributed by atoms with Crippen molar-refractivity contribution in [1.82, 2.24) is 15.5 Å². The number of benzene rings is 1. The van der Waals surface area contributed by atoms with E-state index >= 15 is 4.39 Å². The number of nitrogens with one attached hydrogen (secondary N) is 2. The number of methoxy groups -OCH3 is 1. The van der Waals surface area contributed by atoms with Crippen LogP contribution in [0, 0.1) is 5.82 Å². The third-order valence-electron chi connectivity index (χ3n) is 8.05. The van der Waals surface area contributed by atoms with Gasteiger partial charge < -0.3 is 19.7 Å². The molecule has 1 aromatic carbocycles. The number of piperidine rings is 1. The molecule has 1 aromatic rings. The van der Waals surface area contributed by atoms with Crippen LogP contribution >= 0.6 is 0 Å². The standard InChI is InChI=1S/C26H34FN3O5/c1-34-17-7-5-16(6-8-17)28-20-3-2-12-35-22(20)13-15-4-9-18-19(24(15)27)14-30(26(18)33)21-10-11-23(31)29-25(21)32/h4,9,16-17,20-22,28H,2-3,5-8,10-14H2,1H3,(H,29,31,32)/t16?,17?,20-,21?,22+/m0/s1. The second-order valence-electron chi connectivity index (χ2n) is 10.2. The highest BCUT2D eigenvalue weighted by Gasteiger charge is 2.41. The molecule has 3 atom stereocenters. The molecule has 4 aliphatic rings. The first-order chi connectivity index (χ1) is 16.9. The summed E-state index contributed by atoms with van der Waals surface area (Å²) in [4.78, 5) is 38.1. The van der Waals surface area contributed by atoms with E-state index < -0.39 is 11.9 Å². The van der Waals surface area contributed by atoms with E-state index in [9.17, 15) is 14.4 Å². The monoisotopic (exact) mass is 487 g/mol. The van der Waals surface area contributed by atoms with Crippen molar-refractivity contribution < 1.29 is 28.2 Å². The molecule has 0 aromatic heterocycles. The minimum absolute atomic E-state index is 0.0378. The molecular formula is C26H34FN3O5. The number of hydrogen-bond donors (Lipinski definition) is 2. The summed E-state index contributed by atoms with van der Waals surface area (Å²) in [6.45, 7) is 0.698. The molecule has 3 amide bonds. The molecule has 9 heteroatoms. The molecule has 35 heavy (non-hydrogen) atoms. The molecule has 5 rings (SSSR count). The molecule has 190 valence electrons. The van der Waals surface area contributed by atoms with Gasteiger partial charge in [0.15, 0.2) is 0 Å². The summed E-state index contributed by atoms with van der Waals surface area (Å²) in [6.07, 6.45) is 7.24. The fourth-order valence-corrected chi connectivity index (χ4v) is 6.03. The molecule has 3 heterocycles. The van der Waals surface area contributed by atoms with Crippen LogP contribution in [-0.2, 0) is 32.0 Å². The zero-order valence-corrected chi connectivity index (χ0v) is 20.2. The van der Waals surface area contributed by atoms with Crippen LogP contribution < -0.4 is 10.6 Å². The molecule has 3 aliphatic heterocycles. The van der Waals surface area contributed by atoms with Crippen LogP contribution in [-0.4, -0.2) is 66.7 Å². The lowest BCUT2D eigenvalue weighted by Crippen LogP contribution is -2.52. The molecule has 8 nitrogen and oxygen atoms in total. The molecule has 1 unspecified atom stereocenters. The van der Waals surface area contributed by atoms with Crippen molar-refractivity contribution in [2.24, 2.45) is 0 Å². The third kappa shape index (κ3) is 4.99. The van der Waals surface area contributed by atoms with Crippen LogP contribution in [0.15, 0.2) is 12.1 Å². The van der Waals surface area contributed by atoms with Gasteiger partial charge in [0.25, 0.3) is 5.91 Å². The fraction of sp³-hybridized carbons (Fsp3) is 0.654. The largest absolute Gasteiger partial charge is 0.381 e. The van der Waals surface area contributed by atoms with E-state index in [2.05, 4.69) is 10.6 Å². The average molecular weight is 488 g/mol. The molecular weight excluding hydrogens is 453 g/mol. The highest BCUT2D eigenvalue weighted by atomic mass is 19.1. The van der Waals surface area contributed by atoms with Gasteiger partial charge >= 0.3 is 0 Å². The van der Waals surface area contributed by atoms with Crippen molar-refractivity contribution >= 4 is 17.7 Å². The molecule has 2 N–H and O–H groups in total. The van der Waals surface area contributed by atoms with Crippen molar-refractivity contribution in [3.63, 3.8) is 0 Å². The number of nitrogens with zero attached hydrogens (tertiary/aromatic N) is 1. The molecule has 2 saturated heterocycles. The summed E-state index contributed by atoms with van der Waals surface area (Å²) in [7, 11) is 1.77. The first-order valence-electron chi connectivity index (χ1n) is 12.8. The van der Waals surface area contributed by atoms with E-state index in [1.807, 2.05) is 0 Å². The zero-order chi connectivity index (χ0) is 24.5.